The van der Waals surface area contributed by atoms with Gasteiger partial charge < -0.3 is 5.32 Å². The van der Waals surface area contributed by atoms with Crippen molar-refractivity contribution in [1.29, 1.82) is 0 Å². The van der Waals surface area contributed by atoms with Crippen LogP contribution < -0.4 is 5.32 Å². The molecule has 0 fully saturated rings. The standard InChI is InChI=1S/C12H21NO/c1-5-6-7-8-9-10-13-11(14)12(2,3)4/h5-8H,9-10H2,1-4H3,(H,13,14)/b6-5-,8-7-. The minimum absolute atomic E-state index is 0.108. The average molecular weight is 195 g/mol. The second-order valence-corrected chi connectivity index (χ2v) is 4.25. The molecule has 0 atom stereocenters. The number of rotatable bonds is 4. The molecule has 0 radical (unpaired) electrons. The number of hydrogen-bond donors (Lipinski definition) is 1. The number of nitrogens with one attached hydrogen (secondary N) is 1. The number of allylic oxidation sites excluding steroid dienone is 3. The topological polar surface area (TPSA) is 29.1 Å². The van der Waals surface area contributed by atoms with E-state index in [-0.39, 0.29) is 11.3 Å². The predicted molar refractivity (Wildman–Crippen MR) is 61.0 cm³/mol. The lowest BCUT2D eigenvalue weighted by Crippen LogP contribution is -2.35. The minimum Gasteiger partial charge on any atom is -0.355 e. The van der Waals surface area contributed by atoms with E-state index in [1.165, 1.54) is 0 Å². The van der Waals surface area contributed by atoms with Crippen LogP contribution in [0.15, 0.2) is 24.3 Å². The molecule has 0 heterocycles. The summed E-state index contributed by atoms with van der Waals surface area (Å²) in [7, 11) is 0. The van der Waals surface area contributed by atoms with E-state index < -0.39 is 0 Å². The summed E-state index contributed by atoms with van der Waals surface area (Å²) in [5.74, 6) is 0.108. The van der Waals surface area contributed by atoms with E-state index in [1.54, 1.807) is 0 Å². The van der Waals surface area contributed by atoms with E-state index >= 15 is 0 Å². The Morgan fingerprint density at radius 2 is 1.93 bits per heavy atom. The van der Waals surface area contributed by atoms with Crippen molar-refractivity contribution < 1.29 is 4.79 Å². The molecule has 1 N–H and O–H groups in total. The maximum atomic E-state index is 11.4. The Kier molecular flexibility index (Phi) is 5.93. The van der Waals surface area contributed by atoms with Crippen LogP contribution in [-0.2, 0) is 4.79 Å². The number of hydrogen-bond acceptors (Lipinski definition) is 1. The van der Waals surface area contributed by atoms with Gasteiger partial charge in [0, 0.05) is 12.0 Å². The van der Waals surface area contributed by atoms with Gasteiger partial charge in [0.1, 0.15) is 0 Å². The van der Waals surface area contributed by atoms with Crippen molar-refractivity contribution in [3.8, 4) is 0 Å². The van der Waals surface area contributed by atoms with Crippen LogP contribution in [0.3, 0.4) is 0 Å². The zero-order chi connectivity index (χ0) is 11.0. The SMILES string of the molecule is C/C=C\C=C/CCNC(=O)C(C)(C)C. The molecular formula is C12H21NO. The molecular weight excluding hydrogens is 174 g/mol. The summed E-state index contributed by atoms with van der Waals surface area (Å²) in [6.45, 7) is 8.43. The molecule has 0 saturated carbocycles. The van der Waals surface area contributed by atoms with Crippen LogP contribution in [0.4, 0.5) is 0 Å². The summed E-state index contributed by atoms with van der Waals surface area (Å²) in [5, 5.41) is 2.89. The molecule has 1 amide bonds. The third-order valence-electron chi connectivity index (χ3n) is 1.72. The fourth-order valence-electron chi connectivity index (χ4n) is 0.820. The highest BCUT2D eigenvalue weighted by Gasteiger charge is 2.19. The van der Waals surface area contributed by atoms with E-state index in [0.29, 0.717) is 6.54 Å². The molecule has 2 heteroatoms. The Morgan fingerprint density at radius 3 is 2.43 bits per heavy atom. The summed E-state index contributed by atoms with van der Waals surface area (Å²) in [5.41, 5.74) is -0.285. The van der Waals surface area contributed by atoms with E-state index in [2.05, 4.69) is 5.32 Å². The molecule has 0 spiro atoms. The third kappa shape index (κ3) is 6.46. The third-order valence-corrected chi connectivity index (χ3v) is 1.72. The molecule has 0 aromatic carbocycles. The number of carbonyl (C=O) groups excluding carboxylic acids is 1. The lowest BCUT2D eigenvalue weighted by molar-refractivity contribution is -0.128. The van der Waals surface area contributed by atoms with Gasteiger partial charge in [0.2, 0.25) is 5.91 Å². The Labute approximate surface area is 87.1 Å². The van der Waals surface area contributed by atoms with Gasteiger partial charge in [-0.05, 0) is 13.3 Å². The molecule has 0 aliphatic rings. The maximum absolute atomic E-state index is 11.4. The molecule has 0 aromatic heterocycles. The lowest BCUT2D eigenvalue weighted by Gasteiger charge is -2.16. The van der Waals surface area contributed by atoms with Gasteiger partial charge in [-0.1, -0.05) is 45.1 Å². The Hall–Kier alpha value is -1.05. The Balaban J connectivity index is 3.61. The van der Waals surface area contributed by atoms with Crippen molar-refractivity contribution in [2.45, 2.75) is 34.1 Å². The van der Waals surface area contributed by atoms with Gasteiger partial charge in [-0.2, -0.15) is 0 Å². The van der Waals surface area contributed by atoms with Crippen molar-refractivity contribution in [2.75, 3.05) is 6.54 Å². The largest absolute Gasteiger partial charge is 0.355 e. The second kappa shape index (κ2) is 6.41. The van der Waals surface area contributed by atoms with E-state index in [1.807, 2.05) is 52.0 Å². The van der Waals surface area contributed by atoms with Crippen molar-refractivity contribution in [3.63, 3.8) is 0 Å². The first-order chi connectivity index (χ1) is 6.48. The zero-order valence-corrected chi connectivity index (χ0v) is 9.63. The van der Waals surface area contributed by atoms with Crippen LogP contribution in [-0.4, -0.2) is 12.5 Å². The number of amides is 1. The van der Waals surface area contributed by atoms with Crippen LogP contribution >= 0.6 is 0 Å². The van der Waals surface area contributed by atoms with Gasteiger partial charge >= 0.3 is 0 Å². The van der Waals surface area contributed by atoms with Crippen molar-refractivity contribution in [1.82, 2.24) is 5.32 Å². The fourth-order valence-corrected chi connectivity index (χ4v) is 0.820. The average Bonchev–Trinajstić information content (AvgIpc) is 2.09. The Bertz CT molecular complexity index is 221. The van der Waals surface area contributed by atoms with Crippen molar-refractivity contribution in [3.05, 3.63) is 24.3 Å². The van der Waals surface area contributed by atoms with Gasteiger partial charge in [0.15, 0.2) is 0 Å². The summed E-state index contributed by atoms with van der Waals surface area (Å²) in [6, 6.07) is 0. The molecule has 0 aromatic rings. The smallest absolute Gasteiger partial charge is 0.225 e. The first-order valence-corrected chi connectivity index (χ1v) is 5.04. The van der Waals surface area contributed by atoms with Crippen LogP contribution in [0.25, 0.3) is 0 Å². The minimum atomic E-state index is -0.285. The van der Waals surface area contributed by atoms with Crippen molar-refractivity contribution >= 4 is 5.91 Å². The van der Waals surface area contributed by atoms with Gasteiger partial charge in [-0.25, -0.2) is 0 Å². The molecule has 0 bridgehead atoms. The fraction of sp³-hybridized carbons (Fsp3) is 0.583. The Morgan fingerprint density at radius 1 is 1.29 bits per heavy atom. The van der Waals surface area contributed by atoms with Crippen LogP contribution in [0.5, 0.6) is 0 Å². The first kappa shape index (κ1) is 12.9. The molecule has 0 aliphatic carbocycles. The van der Waals surface area contributed by atoms with Crippen molar-refractivity contribution in [2.24, 2.45) is 5.41 Å². The van der Waals surface area contributed by atoms with Crippen LogP contribution in [0, 0.1) is 5.41 Å². The van der Waals surface area contributed by atoms with E-state index in [0.717, 1.165) is 6.42 Å². The molecule has 14 heavy (non-hydrogen) atoms. The van der Waals surface area contributed by atoms with Crippen LogP contribution in [0.2, 0.25) is 0 Å². The highest BCUT2D eigenvalue weighted by molar-refractivity contribution is 5.81. The summed E-state index contributed by atoms with van der Waals surface area (Å²) in [6.07, 6.45) is 8.87. The zero-order valence-electron chi connectivity index (χ0n) is 9.63. The molecule has 0 rings (SSSR count). The van der Waals surface area contributed by atoms with Gasteiger partial charge in [-0.15, -0.1) is 0 Å². The first-order valence-electron chi connectivity index (χ1n) is 5.04. The van der Waals surface area contributed by atoms with Crippen LogP contribution in [0.1, 0.15) is 34.1 Å². The molecule has 0 aliphatic heterocycles. The predicted octanol–water partition coefficient (Wildman–Crippen LogP) is 2.67. The van der Waals surface area contributed by atoms with Gasteiger partial charge in [0.05, 0.1) is 0 Å². The maximum Gasteiger partial charge on any atom is 0.225 e. The van der Waals surface area contributed by atoms with E-state index in [4.69, 9.17) is 0 Å². The monoisotopic (exact) mass is 195 g/mol. The summed E-state index contributed by atoms with van der Waals surface area (Å²) >= 11 is 0. The quantitative estimate of drug-likeness (QED) is 0.542. The molecule has 0 unspecified atom stereocenters. The summed E-state index contributed by atoms with van der Waals surface area (Å²) in [4.78, 5) is 11.4. The lowest BCUT2D eigenvalue weighted by atomic mass is 9.96. The highest BCUT2D eigenvalue weighted by atomic mass is 16.2. The van der Waals surface area contributed by atoms with E-state index in [9.17, 15) is 4.79 Å². The normalized spacial score (nSPS) is 12.6. The highest BCUT2D eigenvalue weighted by Crippen LogP contribution is 2.11. The molecule has 2 nitrogen and oxygen atoms in total. The summed E-state index contributed by atoms with van der Waals surface area (Å²) < 4.78 is 0. The van der Waals surface area contributed by atoms with Gasteiger partial charge in [-0.3, -0.25) is 4.79 Å². The molecule has 0 saturated heterocycles. The van der Waals surface area contributed by atoms with Gasteiger partial charge in [0.25, 0.3) is 0 Å². The molecule has 80 valence electrons. The number of carbonyl (C=O) groups is 1. The second-order valence-electron chi connectivity index (χ2n) is 4.25.